The number of piperidine rings is 1. The van der Waals surface area contributed by atoms with Crippen LogP contribution in [0.4, 0.5) is 0 Å². The highest BCUT2D eigenvalue weighted by atomic mass is 35.5. The molecule has 0 spiro atoms. The van der Waals surface area contributed by atoms with Gasteiger partial charge < -0.3 is 20.1 Å². The third-order valence-corrected chi connectivity index (χ3v) is 4.41. The topological polar surface area (TPSA) is 77.4 Å². The number of rotatable bonds is 6. The number of nitrogens with one attached hydrogen (secondary N) is 2. The van der Waals surface area contributed by atoms with Gasteiger partial charge in [-0.2, -0.15) is 5.10 Å². The van der Waals surface area contributed by atoms with E-state index in [0.717, 1.165) is 31.5 Å². The minimum Gasteiger partial charge on any atom is -0.493 e. The number of methoxy groups -OCH3 is 2. The molecular formula is C18H25ClN4O3. The van der Waals surface area contributed by atoms with Gasteiger partial charge in [0.2, 0.25) is 0 Å². The molecule has 1 saturated heterocycles. The Morgan fingerprint density at radius 2 is 2.19 bits per heavy atom. The van der Waals surface area contributed by atoms with Gasteiger partial charge in [0.05, 0.1) is 20.3 Å². The van der Waals surface area contributed by atoms with E-state index in [-0.39, 0.29) is 18.3 Å². The van der Waals surface area contributed by atoms with Crippen LogP contribution in [-0.2, 0) is 6.54 Å². The number of carbonyl (C=O) groups excluding carboxylic acids is 1. The highest BCUT2D eigenvalue weighted by Gasteiger charge is 2.18. The average molecular weight is 381 g/mol. The number of hydrogen-bond donors (Lipinski definition) is 2. The zero-order chi connectivity index (χ0) is 17.6. The van der Waals surface area contributed by atoms with Crippen LogP contribution in [0.3, 0.4) is 0 Å². The molecule has 0 radical (unpaired) electrons. The zero-order valence-electron chi connectivity index (χ0n) is 15.0. The van der Waals surface area contributed by atoms with Crippen molar-refractivity contribution < 1.29 is 14.3 Å². The van der Waals surface area contributed by atoms with E-state index in [1.54, 1.807) is 20.3 Å². The summed E-state index contributed by atoms with van der Waals surface area (Å²) in [6, 6.07) is 7.66. The Morgan fingerprint density at radius 3 is 2.88 bits per heavy atom. The van der Waals surface area contributed by atoms with E-state index in [1.807, 2.05) is 29.1 Å². The van der Waals surface area contributed by atoms with Crippen molar-refractivity contribution >= 4 is 18.3 Å². The summed E-state index contributed by atoms with van der Waals surface area (Å²) < 4.78 is 12.5. The first-order valence-electron chi connectivity index (χ1n) is 8.47. The fourth-order valence-electron chi connectivity index (χ4n) is 3.08. The van der Waals surface area contributed by atoms with Crippen LogP contribution in [0.25, 0.3) is 0 Å². The highest BCUT2D eigenvalue weighted by molar-refractivity contribution is 5.92. The fraction of sp³-hybridized carbons (Fsp3) is 0.444. The Balaban J connectivity index is 0.00000243. The number of ether oxygens (including phenoxy) is 2. The number of hydrogen-bond acceptors (Lipinski definition) is 5. The molecule has 26 heavy (non-hydrogen) atoms. The van der Waals surface area contributed by atoms with Crippen molar-refractivity contribution in [3.63, 3.8) is 0 Å². The summed E-state index contributed by atoms with van der Waals surface area (Å²) in [7, 11) is 3.18. The molecule has 2 aromatic rings. The molecule has 0 saturated carbocycles. The second-order valence-corrected chi connectivity index (χ2v) is 6.02. The molecule has 7 nitrogen and oxygen atoms in total. The van der Waals surface area contributed by atoms with E-state index in [4.69, 9.17) is 9.47 Å². The van der Waals surface area contributed by atoms with Gasteiger partial charge in [0, 0.05) is 24.8 Å². The maximum atomic E-state index is 12.4. The van der Waals surface area contributed by atoms with E-state index < -0.39 is 0 Å². The molecule has 8 heteroatoms. The smallest absolute Gasteiger partial charge is 0.272 e. The predicted octanol–water partition coefficient (Wildman–Crippen LogP) is 2.18. The molecule has 1 fully saturated rings. The van der Waals surface area contributed by atoms with Crippen LogP contribution in [0.15, 0.2) is 30.5 Å². The molecule has 1 aromatic heterocycles. The van der Waals surface area contributed by atoms with Crippen LogP contribution in [0.5, 0.6) is 11.5 Å². The minimum absolute atomic E-state index is 0. The molecule has 2 heterocycles. The first kappa shape index (κ1) is 20.1. The third kappa shape index (κ3) is 4.47. The van der Waals surface area contributed by atoms with E-state index in [9.17, 15) is 4.79 Å². The molecule has 1 aliphatic rings. The van der Waals surface area contributed by atoms with Gasteiger partial charge in [-0.25, -0.2) is 0 Å². The monoisotopic (exact) mass is 380 g/mol. The van der Waals surface area contributed by atoms with Crippen molar-refractivity contribution in [1.82, 2.24) is 20.4 Å². The van der Waals surface area contributed by atoms with Crippen LogP contribution in [-0.4, -0.2) is 43.0 Å². The Kier molecular flexibility index (Phi) is 7.29. The largest absolute Gasteiger partial charge is 0.493 e. The van der Waals surface area contributed by atoms with Gasteiger partial charge in [-0.1, -0.05) is 12.1 Å². The average Bonchev–Trinajstić information content (AvgIpc) is 3.16. The lowest BCUT2D eigenvalue weighted by atomic mass is 10.1. The van der Waals surface area contributed by atoms with Crippen molar-refractivity contribution in [1.29, 1.82) is 0 Å². The third-order valence-electron chi connectivity index (χ3n) is 4.41. The van der Waals surface area contributed by atoms with Crippen LogP contribution < -0.4 is 20.1 Å². The molecule has 142 valence electrons. The lowest BCUT2D eigenvalue weighted by Gasteiger charge is -2.22. The molecule has 2 N–H and O–H groups in total. The van der Waals surface area contributed by atoms with E-state index in [1.165, 1.54) is 0 Å². The standard InChI is InChI=1S/C18H24N4O3.ClH/c1-24-16-7-3-5-13(17(16)25-2)11-20-18(23)15-8-10-22(21-15)14-6-4-9-19-12-14;/h3,5,7-8,10,14,19H,4,6,9,11-12H2,1-2H3,(H,20,23);1H. The molecular weight excluding hydrogens is 356 g/mol. The van der Waals surface area contributed by atoms with Crippen molar-refractivity contribution in [3.05, 3.63) is 41.7 Å². The highest BCUT2D eigenvalue weighted by Crippen LogP contribution is 2.30. The summed E-state index contributed by atoms with van der Waals surface area (Å²) in [6.07, 6.45) is 4.08. The van der Waals surface area contributed by atoms with Crippen molar-refractivity contribution in [2.24, 2.45) is 0 Å². The Morgan fingerprint density at radius 1 is 1.35 bits per heavy atom. The summed E-state index contributed by atoms with van der Waals surface area (Å²) in [5.41, 5.74) is 1.28. The zero-order valence-corrected chi connectivity index (χ0v) is 15.8. The summed E-state index contributed by atoms with van der Waals surface area (Å²) >= 11 is 0. The van der Waals surface area contributed by atoms with Gasteiger partial charge in [-0.15, -0.1) is 12.4 Å². The number of aromatic nitrogens is 2. The minimum atomic E-state index is -0.201. The lowest BCUT2D eigenvalue weighted by molar-refractivity contribution is 0.0944. The van der Waals surface area contributed by atoms with Gasteiger partial charge in [-0.3, -0.25) is 9.48 Å². The summed E-state index contributed by atoms with van der Waals surface area (Å²) in [4.78, 5) is 12.4. The lowest BCUT2D eigenvalue weighted by Crippen LogP contribution is -2.32. The van der Waals surface area contributed by atoms with Crippen LogP contribution in [0, 0.1) is 0 Å². The predicted molar refractivity (Wildman–Crippen MR) is 101 cm³/mol. The molecule has 1 aliphatic heterocycles. The van der Waals surface area contributed by atoms with Gasteiger partial charge >= 0.3 is 0 Å². The number of halogens is 1. The van der Waals surface area contributed by atoms with E-state index in [2.05, 4.69) is 15.7 Å². The quantitative estimate of drug-likeness (QED) is 0.803. The molecule has 1 unspecified atom stereocenters. The SMILES string of the molecule is COc1cccc(CNC(=O)c2ccn(C3CCCNC3)n2)c1OC.Cl. The van der Waals surface area contributed by atoms with Gasteiger partial charge in [0.25, 0.3) is 5.91 Å². The maximum Gasteiger partial charge on any atom is 0.272 e. The van der Waals surface area contributed by atoms with Gasteiger partial charge in [-0.05, 0) is 31.5 Å². The summed E-state index contributed by atoms with van der Waals surface area (Å²) in [6.45, 7) is 2.29. The molecule has 1 aromatic carbocycles. The van der Waals surface area contributed by atoms with Gasteiger partial charge in [0.15, 0.2) is 11.5 Å². The van der Waals surface area contributed by atoms with Crippen molar-refractivity contribution in [2.45, 2.75) is 25.4 Å². The van der Waals surface area contributed by atoms with Crippen molar-refractivity contribution in [2.75, 3.05) is 27.3 Å². The van der Waals surface area contributed by atoms with Crippen LogP contribution >= 0.6 is 12.4 Å². The molecule has 0 bridgehead atoms. The maximum absolute atomic E-state index is 12.4. The number of para-hydroxylation sites is 1. The molecule has 1 atom stereocenters. The van der Waals surface area contributed by atoms with Crippen LogP contribution in [0.2, 0.25) is 0 Å². The number of amides is 1. The second kappa shape index (κ2) is 9.45. The van der Waals surface area contributed by atoms with Gasteiger partial charge in [0.1, 0.15) is 5.69 Å². The second-order valence-electron chi connectivity index (χ2n) is 6.02. The first-order valence-corrected chi connectivity index (χ1v) is 8.47. The normalized spacial score (nSPS) is 16.5. The van der Waals surface area contributed by atoms with E-state index in [0.29, 0.717) is 29.8 Å². The molecule has 1 amide bonds. The summed E-state index contributed by atoms with van der Waals surface area (Å²) in [5.74, 6) is 1.07. The van der Waals surface area contributed by atoms with Crippen molar-refractivity contribution in [3.8, 4) is 11.5 Å². The number of carbonyl (C=O) groups is 1. The molecule has 3 rings (SSSR count). The summed E-state index contributed by atoms with van der Waals surface area (Å²) in [5, 5.41) is 10.7. The Labute approximate surface area is 159 Å². The number of nitrogens with zero attached hydrogens (tertiary/aromatic N) is 2. The Bertz CT molecular complexity index is 729. The molecule has 0 aliphatic carbocycles. The first-order chi connectivity index (χ1) is 12.2. The fourth-order valence-corrected chi connectivity index (χ4v) is 3.08. The van der Waals surface area contributed by atoms with E-state index >= 15 is 0 Å². The Hall–Kier alpha value is -2.25. The van der Waals surface area contributed by atoms with Crippen LogP contribution in [0.1, 0.15) is 34.9 Å². The number of benzene rings is 1.